The molecule has 3 aromatic rings. The molecule has 0 spiro atoms. The Bertz CT molecular complexity index is 1240. The predicted molar refractivity (Wildman–Crippen MR) is 127 cm³/mol. The van der Waals surface area contributed by atoms with Crippen molar-refractivity contribution >= 4 is 32.7 Å². The number of hydrogen-bond acceptors (Lipinski definition) is 7. The Morgan fingerprint density at radius 1 is 1.12 bits per heavy atom. The number of hydrogen-bond donors (Lipinski definition) is 1. The van der Waals surface area contributed by atoms with Gasteiger partial charge in [-0.25, -0.2) is 13.4 Å². The second-order valence-corrected chi connectivity index (χ2v) is 9.91. The van der Waals surface area contributed by atoms with Crippen LogP contribution in [0.1, 0.15) is 16.1 Å². The molecular formula is C23H27N5O4S. The number of ether oxygens (including phenoxy) is 1. The van der Waals surface area contributed by atoms with Gasteiger partial charge in [0.2, 0.25) is 10.0 Å². The molecule has 1 aliphatic rings. The van der Waals surface area contributed by atoms with Gasteiger partial charge in [-0.3, -0.25) is 9.78 Å². The minimum Gasteiger partial charge on any atom is -0.497 e. The third kappa shape index (κ3) is 5.23. The Morgan fingerprint density at radius 3 is 2.61 bits per heavy atom. The second-order valence-electron chi connectivity index (χ2n) is 7.83. The van der Waals surface area contributed by atoms with Crippen LogP contribution in [-0.4, -0.2) is 74.2 Å². The number of nitrogens with one attached hydrogen (secondary N) is 1. The van der Waals surface area contributed by atoms with Crippen molar-refractivity contribution in [3.8, 4) is 5.75 Å². The van der Waals surface area contributed by atoms with Crippen molar-refractivity contribution in [2.24, 2.45) is 0 Å². The first kappa shape index (κ1) is 22.9. The average molecular weight is 470 g/mol. The number of amides is 1. The van der Waals surface area contributed by atoms with Gasteiger partial charge in [0.1, 0.15) is 11.6 Å². The molecule has 0 saturated carbocycles. The monoisotopic (exact) mass is 469 g/mol. The lowest BCUT2D eigenvalue weighted by Gasteiger charge is -2.34. The average Bonchev–Trinajstić information content (AvgIpc) is 2.83. The molecule has 0 bridgehead atoms. The van der Waals surface area contributed by atoms with E-state index < -0.39 is 10.0 Å². The van der Waals surface area contributed by atoms with Gasteiger partial charge in [0.25, 0.3) is 5.91 Å². The van der Waals surface area contributed by atoms with E-state index in [1.54, 1.807) is 32.4 Å². The summed E-state index contributed by atoms with van der Waals surface area (Å²) >= 11 is 0. The number of pyridine rings is 2. The van der Waals surface area contributed by atoms with Gasteiger partial charge in [-0.2, -0.15) is 4.31 Å². The van der Waals surface area contributed by atoms with E-state index in [2.05, 4.69) is 20.2 Å². The number of carbonyl (C=O) groups excluding carboxylic acids is 1. The number of piperazine rings is 1. The molecule has 33 heavy (non-hydrogen) atoms. The van der Waals surface area contributed by atoms with Crippen LogP contribution >= 0.6 is 0 Å². The molecule has 1 N–H and O–H groups in total. The molecule has 1 fully saturated rings. The maximum absolute atomic E-state index is 12.8. The molecule has 0 unspecified atom stereocenters. The van der Waals surface area contributed by atoms with Crippen LogP contribution in [0.5, 0.6) is 5.75 Å². The van der Waals surface area contributed by atoms with Crippen LogP contribution in [0.2, 0.25) is 0 Å². The number of fused-ring (bicyclic) bond motifs is 1. The van der Waals surface area contributed by atoms with Crippen molar-refractivity contribution in [1.82, 2.24) is 19.6 Å². The number of rotatable bonds is 7. The number of sulfonamides is 1. The number of benzene rings is 1. The van der Waals surface area contributed by atoms with Gasteiger partial charge in [-0.15, -0.1) is 0 Å². The maximum atomic E-state index is 12.8. The number of anilines is 1. The third-order valence-corrected chi connectivity index (χ3v) is 7.58. The van der Waals surface area contributed by atoms with Crippen molar-refractivity contribution in [3.63, 3.8) is 0 Å². The van der Waals surface area contributed by atoms with Crippen molar-refractivity contribution in [3.05, 3.63) is 59.9 Å². The standard InChI is InChI=1S/C23H27N5O4S/c1-17-20(15-18-6-7-19(32-2)16-21(18)26-17)23(29)25-9-14-33(30,31)28-12-10-27(11-13-28)22-5-3-4-8-24-22/h3-8,15-16H,9-14H2,1-2H3,(H,25,29). The molecule has 1 aliphatic heterocycles. The summed E-state index contributed by atoms with van der Waals surface area (Å²) in [5, 5.41) is 3.54. The van der Waals surface area contributed by atoms with Crippen LogP contribution in [-0.2, 0) is 10.0 Å². The van der Waals surface area contributed by atoms with Gasteiger partial charge in [0.15, 0.2) is 0 Å². The molecule has 0 aliphatic carbocycles. The molecule has 3 heterocycles. The van der Waals surface area contributed by atoms with Crippen LogP contribution in [0.3, 0.4) is 0 Å². The van der Waals surface area contributed by atoms with E-state index in [0.29, 0.717) is 43.2 Å². The zero-order chi connectivity index (χ0) is 23.4. The second kappa shape index (κ2) is 9.72. The topological polar surface area (TPSA) is 105 Å². The highest BCUT2D eigenvalue weighted by molar-refractivity contribution is 7.89. The number of aryl methyl sites for hydroxylation is 1. The van der Waals surface area contributed by atoms with E-state index in [1.165, 1.54) is 4.31 Å². The molecule has 4 rings (SSSR count). The summed E-state index contributed by atoms with van der Waals surface area (Å²) in [4.78, 5) is 23.6. The smallest absolute Gasteiger partial charge is 0.253 e. The summed E-state index contributed by atoms with van der Waals surface area (Å²) < 4.78 is 32.2. The molecule has 1 saturated heterocycles. The Morgan fingerprint density at radius 2 is 1.91 bits per heavy atom. The van der Waals surface area contributed by atoms with Crippen LogP contribution < -0.4 is 15.0 Å². The third-order valence-electron chi connectivity index (χ3n) is 5.71. The Kier molecular flexibility index (Phi) is 6.75. The molecule has 2 aromatic heterocycles. The van der Waals surface area contributed by atoms with E-state index in [1.807, 2.05) is 30.3 Å². The first-order valence-electron chi connectivity index (χ1n) is 10.7. The maximum Gasteiger partial charge on any atom is 0.253 e. The number of carbonyl (C=O) groups is 1. The fraction of sp³-hybridized carbons (Fsp3) is 0.348. The van der Waals surface area contributed by atoms with Crippen molar-refractivity contribution in [2.75, 3.05) is 50.5 Å². The summed E-state index contributed by atoms with van der Waals surface area (Å²) in [6.45, 7) is 3.73. The lowest BCUT2D eigenvalue weighted by Crippen LogP contribution is -2.50. The highest BCUT2D eigenvalue weighted by Gasteiger charge is 2.27. The molecule has 0 radical (unpaired) electrons. The van der Waals surface area contributed by atoms with E-state index >= 15 is 0 Å². The fourth-order valence-electron chi connectivity index (χ4n) is 3.85. The summed E-state index contributed by atoms with van der Waals surface area (Å²) in [5.41, 5.74) is 1.73. The van der Waals surface area contributed by atoms with E-state index in [0.717, 1.165) is 16.7 Å². The van der Waals surface area contributed by atoms with Crippen molar-refractivity contribution in [1.29, 1.82) is 0 Å². The van der Waals surface area contributed by atoms with Crippen molar-refractivity contribution in [2.45, 2.75) is 6.92 Å². The lowest BCUT2D eigenvalue weighted by atomic mass is 10.1. The van der Waals surface area contributed by atoms with Gasteiger partial charge >= 0.3 is 0 Å². The first-order chi connectivity index (χ1) is 15.9. The van der Waals surface area contributed by atoms with Crippen LogP contribution in [0.25, 0.3) is 10.9 Å². The van der Waals surface area contributed by atoms with E-state index in [-0.39, 0.29) is 18.2 Å². The predicted octanol–water partition coefficient (Wildman–Crippen LogP) is 1.83. The Labute approximate surface area is 193 Å². The zero-order valence-corrected chi connectivity index (χ0v) is 19.5. The van der Waals surface area contributed by atoms with Gasteiger partial charge in [0.05, 0.1) is 29.6 Å². The largest absolute Gasteiger partial charge is 0.497 e. The van der Waals surface area contributed by atoms with Crippen molar-refractivity contribution < 1.29 is 17.9 Å². The number of aromatic nitrogens is 2. The molecule has 1 aromatic carbocycles. The first-order valence-corrected chi connectivity index (χ1v) is 12.4. The van der Waals surface area contributed by atoms with Gasteiger partial charge < -0.3 is 15.0 Å². The Balaban J connectivity index is 1.33. The summed E-state index contributed by atoms with van der Waals surface area (Å²) in [5.74, 6) is 1.05. The van der Waals surface area contributed by atoms with Crippen LogP contribution in [0.15, 0.2) is 48.7 Å². The summed E-state index contributed by atoms with van der Waals surface area (Å²) in [6.07, 6.45) is 1.73. The minimum atomic E-state index is -3.48. The van der Waals surface area contributed by atoms with Gasteiger partial charge in [-0.1, -0.05) is 6.07 Å². The highest BCUT2D eigenvalue weighted by atomic mass is 32.2. The molecule has 0 atom stereocenters. The fourth-order valence-corrected chi connectivity index (χ4v) is 5.19. The normalized spacial score (nSPS) is 14.9. The van der Waals surface area contributed by atoms with Crippen LogP contribution in [0.4, 0.5) is 5.82 Å². The molecule has 174 valence electrons. The Hall–Kier alpha value is -3.24. The lowest BCUT2D eigenvalue weighted by molar-refractivity contribution is 0.0955. The minimum absolute atomic E-state index is 0.0295. The number of methoxy groups -OCH3 is 1. The van der Waals surface area contributed by atoms with Crippen LogP contribution in [0, 0.1) is 6.92 Å². The zero-order valence-electron chi connectivity index (χ0n) is 18.7. The summed E-state index contributed by atoms with van der Waals surface area (Å²) in [7, 11) is -1.89. The molecule has 10 heteroatoms. The van der Waals surface area contributed by atoms with E-state index in [4.69, 9.17) is 4.74 Å². The molecule has 1 amide bonds. The van der Waals surface area contributed by atoms with E-state index in [9.17, 15) is 13.2 Å². The van der Waals surface area contributed by atoms with Gasteiger partial charge in [-0.05, 0) is 37.3 Å². The molecular weight excluding hydrogens is 442 g/mol. The van der Waals surface area contributed by atoms with Gasteiger partial charge in [0, 0.05) is 50.4 Å². The quantitative estimate of drug-likeness (QED) is 0.563. The highest BCUT2D eigenvalue weighted by Crippen LogP contribution is 2.22. The SMILES string of the molecule is COc1ccc2cc(C(=O)NCCS(=O)(=O)N3CCN(c4ccccn4)CC3)c(C)nc2c1. The summed E-state index contributed by atoms with van der Waals surface area (Å²) in [6, 6.07) is 12.9. The number of nitrogens with zero attached hydrogens (tertiary/aromatic N) is 4. The molecule has 9 nitrogen and oxygen atoms in total.